The van der Waals surface area contributed by atoms with Crippen LogP contribution in [0.1, 0.15) is 28.4 Å². The minimum Gasteiger partial charge on any atom is -0.495 e. The van der Waals surface area contributed by atoms with Gasteiger partial charge in [0.15, 0.2) is 0 Å². The summed E-state index contributed by atoms with van der Waals surface area (Å²) in [4.78, 5) is 14.6. The van der Waals surface area contributed by atoms with E-state index in [1.54, 1.807) is 0 Å². The van der Waals surface area contributed by atoms with Gasteiger partial charge in [-0.3, -0.25) is 4.79 Å². The molecule has 0 bridgehead atoms. The highest BCUT2D eigenvalue weighted by molar-refractivity contribution is 7.89. The third kappa shape index (κ3) is 5.54. The minimum atomic E-state index is -3.74. The Kier molecular flexibility index (Phi) is 7.56. The molecule has 0 heterocycles. The highest BCUT2D eigenvalue weighted by atomic mass is 32.2. The van der Waals surface area contributed by atoms with E-state index in [0.29, 0.717) is 6.54 Å². The summed E-state index contributed by atoms with van der Waals surface area (Å²) >= 11 is 0. The summed E-state index contributed by atoms with van der Waals surface area (Å²) < 4.78 is 31.7. The third-order valence-corrected chi connectivity index (χ3v) is 5.86. The van der Waals surface area contributed by atoms with E-state index >= 15 is 0 Å². The van der Waals surface area contributed by atoms with Crippen LogP contribution < -0.4 is 14.8 Å². The SMILES string of the molecule is CCN(C)Cc1cccc(CNC(=O)c2ccc(OC)c(S(=O)(=O)NC)c2)c1. The number of amides is 1. The Hall–Kier alpha value is -2.42. The predicted octanol–water partition coefficient (Wildman–Crippen LogP) is 1.98. The molecule has 0 fully saturated rings. The van der Waals surface area contributed by atoms with E-state index in [0.717, 1.165) is 18.7 Å². The van der Waals surface area contributed by atoms with Gasteiger partial charge in [-0.2, -0.15) is 0 Å². The maximum atomic E-state index is 12.5. The lowest BCUT2D eigenvalue weighted by Crippen LogP contribution is -2.24. The molecular formula is C20H27N3O4S. The van der Waals surface area contributed by atoms with E-state index < -0.39 is 10.0 Å². The molecule has 0 spiro atoms. The smallest absolute Gasteiger partial charge is 0.251 e. The number of carbonyl (C=O) groups excluding carboxylic acids is 1. The summed E-state index contributed by atoms with van der Waals surface area (Å²) in [5.74, 6) is -0.176. The van der Waals surface area contributed by atoms with Gasteiger partial charge >= 0.3 is 0 Å². The van der Waals surface area contributed by atoms with Crippen LogP contribution >= 0.6 is 0 Å². The number of ether oxygens (including phenoxy) is 1. The zero-order valence-electron chi connectivity index (χ0n) is 16.7. The summed E-state index contributed by atoms with van der Waals surface area (Å²) in [5, 5.41) is 2.84. The molecule has 7 nitrogen and oxygen atoms in total. The fourth-order valence-electron chi connectivity index (χ4n) is 2.68. The second-order valence-electron chi connectivity index (χ2n) is 6.41. The molecular weight excluding hydrogens is 378 g/mol. The van der Waals surface area contributed by atoms with Gasteiger partial charge in [0.05, 0.1) is 7.11 Å². The van der Waals surface area contributed by atoms with Crippen molar-refractivity contribution in [3.05, 3.63) is 59.2 Å². The van der Waals surface area contributed by atoms with Gasteiger partial charge in [0.1, 0.15) is 10.6 Å². The number of hydrogen-bond acceptors (Lipinski definition) is 5. The van der Waals surface area contributed by atoms with Gasteiger partial charge in [0.2, 0.25) is 10.0 Å². The molecule has 0 saturated carbocycles. The predicted molar refractivity (Wildman–Crippen MR) is 109 cm³/mol. The van der Waals surface area contributed by atoms with E-state index in [1.165, 1.54) is 37.9 Å². The van der Waals surface area contributed by atoms with Gasteiger partial charge in [-0.05, 0) is 50.0 Å². The van der Waals surface area contributed by atoms with Crippen LogP contribution in [-0.4, -0.2) is 47.0 Å². The van der Waals surface area contributed by atoms with Gasteiger partial charge in [0, 0.05) is 18.7 Å². The summed E-state index contributed by atoms with van der Waals surface area (Å²) in [6, 6.07) is 12.3. The van der Waals surface area contributed by atoms with Crippen LogP contribution in [0.3, 0.4) is 0 Å². The average molecular weight is 406 g/mol. The van der Waals surface area contributed by atoms with E-state index in [2.05, 4.69) is 41.0 Å². The van der Waals surface area contributed by atoms with Crippen molar-refractivity contribution in [1.29, 1.82) is 0 Å². The van der Waals surface area contributed by atoms with Crippen molar-refractivity contribution in [3.63, 3.8) is 0 Å². The number of nitrogens with one attached hydrogen (secondary N) is 2. The Morgan fingerprint density at radius 2 is 1.86 bits per heavy atom. The Labute approximate surface area is 166 Å². The molecule has 2 aromatic rings. The van der Waals surface area contributed by atoms with Crippen molar-refractivity contribution in [1.82, 2.24) is 14.9 Å². The molecule has 0 aliphatic carbocycles. The fourth-order valence-corrected chi connectivity index (χ4v) is 3.60. The zero-order chi connectivity index (χ0) is 20.7. The minimum absolute atomic E-state index is 0.0743. The fraction of sp³-hybridized carbons (Fsp3) is 0.350. The maximum Gasteiger partial charge on any atom is 0.251 e. The highest BCUT2D eigenvalue weighted by Crippen LogP contribution is 2.24. The Morgan fingerprint density at radius 1 is 1.14 bits per heavy atom. The normalized spacial score (nSPS) is 11.5. The van der Waals surface area contributed by atoms with Crippen LogP contribution in [0.2, 0.25) is 0 Å². The molecule has 2 rings (SSSR count). The van der Waals surface area contributed by atoms with Crippen molar-refractivity contribution < 1.29 is 17.9 Å². The van der Waals surface area contributed by atoms with Gasteiger partial charge in [0.25, 0.3) is 5.91 Å². The first-order valence-corrected chi connectivity index (χ1v) is 10.4. The molecule has 0 aromatic heterocycles. The first-order chi connectivity index (χ1) is 13.3. The number of carbonyl (C=O) groups is 1. The van der Waals surface area contributed by atoms with Crippen LogP contribution in [0.5, 0.6) is 5.75 Å². The molecule has 0 saturated heterocycles. The largest absolute Gasteiger partial charge is 0.495 e. The molecule has 28 heavy (non-hydrogen) atoms. The van der Waals surface area contributed by atoms with Crippen molar-refractivity contribution >= 4 is 15.9 Å². The molecule has 2 aromatic carbocycles. The number of sulfonamides is 1. The van der Waals surface area contributed by atoms with Gasteiger partial charge < -0.3 is 15.0 Å². The van der Waals surface area contributed by atoms with Crippen molar-refractivity contribution in [2.45, 2.75) is 24.9 Å². The molecule has 0 unspecified atom stereocenters. The maximum absolute atomic E-state index is 12.5. The monoisotopic (exact) mass is 405 g/mol. The highest BCUT2D eigenvalue weighted by Gasteiger charge is 2.20. The second kappa shape index (κ2) is 9.68. The topological polar surface area (TPSA) is 87.7 Å². The zero-order valence-corrected chi connectivity index (χ0v) is 17.5. The van der Waals surface area contributed by atoms with Crippen molar-refractivity contribution in [2.75, 3.05) is 27.7 Å². The van der Waals surface area contributed by atoms with E-state index in [1.807, 2.05) is 12.1 Å². The summed E-state index contributed by atoms with van der Waals surface area (Å²) in [5.41, 5.74) is 2.39. The second-order valence-corrected chi connectivity index (χ2v) is 8.26. The summed E-state index contributed by atoms with van der Waals surface area (Å²) in [7, 11) is 0.999. The lowest BCUT2D eigenvalue weighted by atomic mass is 10.1. The standard InChI is InChI=1S/C20H27N3O4S/c1-5-23(3)14-16-8-6-7-15(11-16)13-22-20(24)17-9-10-18(27-4)19(12-17)28(25,26)21-2/h6-12,21H,5,13-14H2,1-4H3,(H,22,24). The number of nitrogens with zero attached hydrogens (tertiary/aromatic N) is 1. The van der Waals surface area contributed by atoms with Crippen LogP contribution in [0.25, 0.3) is 0 Å². The first-order valence-electron chi connectivity index (χ1n) is 8.96. The molecule has 8 heteroatoms. The Balaban J connectivity index is 2.14. The van der Waals surface area contributed by atoms with Crippen LogP contribution in [0.4, 0.5) is 0 Å². The number of rotatable bonds is 9. The van der Waals surface area contributed by atoms with Crippen LogP contribution in [-0.2, 0) is 23.1 Å². The van der Waals surface area contributed by atoms with Crippen molar-refractivity contribution in [3.8, 4) is 5.75 Å². The first kappa shape index (κ1) is 21.9. The average Bonchev–Trinajstić information content (AvgIpc) is 2.71. The third-order valence-electron chi connectivity index (χ3n) is 4.42. The molecule has 2 N–H and O–H groups in total. The quantitative estimate of drug-likeness (QED) is 0.666. The molecule has 0 aliphatic rings. The van der Waals surface area contributed by atoms with E-state index in [9.17, 15) is 13.2 Å². The molecule has 0 radical (unpaired) electrons. The molecule has 0 aliphatic heterocycles. The van der Waals surface area contributed by atoms with Crippen molar-refractivity contribution in [2.24, 2.45) is 0 Å². The Morgan fingerprint density at radius 3 is 2.50 bits per heavy atom. The number of hydrogen-bond donors (Lipinski definition) is 2. The lowest BCUT2D eigenvalue weighted by molar-refractivity contribution is 0.0950. The number of benzene rings is 2. The summed E-state index contributed by atoms with van der Waals surface area (Å²) in [6.45, 7) is 4.24. The molecule has 1 amide bonds. The van der Waals surface area contributed by atoms with E-state index in [-0.39, 0.29) is 22.1 Å². The van der Waals surface area contributed by atoms with Gasteiger partial charge in [-0.25, -0.2) is 13.1 Å². The van der Waals surface area contributed by atoms with Gasteiger partial charge in [-0.15, -0.1) is 0 Å². The molecule has 152 valence electrons. The van der Waals surface area contributed by atoms with Crippen LogP contribution in [0.15, 0.2) is 47.4 Å². The van der Waals surface area contributed by atoms with Gasteiger partial charge in [-0.1, -0.05) is 31.2 Å². The molecule has 0 atom stereocenters. The lowest BCUT2D eigenvalue weighted by Gasteiger charge is -2.15. The summed E-state index contributed by atoms with van der Waals surface area (Å²) in [6.07, 6.45) is 0. The van der Waals surface area contributed by atoms with Crippen LogP contribution in [0, 0.1) is 0 Å². The van der Waals surface area contributed by atoms with E-state index in [4.69, 9.17) is 4.74 Å². The Bertz CT molecular complexity index is 929. The number of methoxy groups -OCH3 is 1.